The summed E-state index contributed by atoms with van der Waals surface area (Å²) in [6, 6.07) is 7.44. The van der Waals surface area contributed by atoms with Gasteiger partial charge in [-0.15, -0.1) is 0 Å². The average molecular weight is 347 g/mol. The van der Waals surface area contributed by atoms with Gasteiger partial charge in [0, 0.05) is 13.1 Å². The summed E-state index contributed by atoms with van der Waals surface area (Å²) in [6.07, 6.45) is 0. The van der Waals surface area contributed by atoms with Crippen molar-refractivity contribution in [2.75, 3.05) is 23.7 Å². The quantitative estimate of drug-likeness (QED) is 0.613. The van der Waals surface area contributed by atoms with Crippen molar-refractivity contribution in [3.8, 4) is 11.5 Å². The normalized spacial score (nSPS) is 10.6. The van der Waals surface area contributed by atoms with Crippen molar-refractivity contribution in [2.45, 2.75) is 6.92 Å². The monoisotopic (exact) mass is 346 g/mol. The number of rotatable bonds is 6. The second-order valence-electron chi connectivity index (χ2n) is 4.78. The summed E-state index contributed by atoms with van der Waals surface area (Å²) in [7, 11) is 0. The van der Waals surface area contributed by atoms with Gasteiger partial charge in [-0.05, 0) is 30.7 Å². The molecule has 2 aromatic heterocycles. The molecule has 1 aromatic carbocycles. The van der Waals surface area contributed by atoms with E-state index in [9.17, 15) is 0 Å². The number of nitrogens with zero attached hydrogens (tertiary/aromatic N) is 5. The Hall–Kier alpha value is -2.78. The number of hydrogen-bond donors (Lipinski definition) is 3. The standard InChI is InChI=1S/C14H15ClN8O/c1-8-18-11(24-23-8)9-4-2-3-5-10(9)19-14-21-12(15)20-13(22-14)17-7-6-16/h2-5H,6-7,16H2,1H3,(H2,17,19,20,21,22). The van der Waals surface area contributed by atoms with Gasteiger partial charge in [0.05, 0.1) is 11.3 Å². The lowest BCUT2D eigenvalue weighted by molar-refractivity contribution is 0.426. The summed E-state index contributed by atoms with van der Waals surface area (Å²) in [5.41, 5.74) is 6.89. The van der Waals surface area contributed by atoms with E-state index in [2.05, 4.69) is 35.7 Å². The van der Waals surface area contributed by atoms with E-state index in [4.69, 9.17) is 21.9 Å². The van der Waals surface area contributed by atoms with E-state index >= 15 is 0 Å². The van der Waals surface area contributed by atoms with Gasteiger partial charge in [0.1, 0.15) is 0 Å². The van der Waals surface area contributed by atoms with Gasteiger partial charge in [-0.3, -0.25) is 0 Å². The van der Waals surface area contributed by atoms with Gasteiger partial charge in [0.2, 0.25) is 17.2 Å². The maximum atomic E-state index is 5.94. The Bertz CT molecular complexity index is 837. The van der Waals surface area contributed by atoms with Crippen LogP contribution in [0, 0.1) is 6.92 Å². The van der Waals surface area contributed by atoms with Crippen LogP contribution in [0.2, 0.25) is 5.28 Å². The van der Waals surface area contributed by atoms with Crippen molar-refractivity contribution in [1.29, 1.82) is 0 Å². The smallest absolute Gasteiger partial charge is 0.260 e. The molecule has 0 bridgehead atoms. The third-order valence-electron chi connectivity index (χ3n) is 2.97. The summed E-state index contributed by atoms with van der Waals surface area (Å²) in [5, 5.41) is 9.92. The zero-order valence-electron chi connectivity index (χ0n) is 12.8. The molecular weight excluding hydrogens is 332 g/mol. The van der Waals surface area contributed by atoms with Gasteiger partial charge < -0.3 is 20.9 Å². The topological polar surface area (TPSA) is 128 Å². The van der Waals surface area contributed by atoms with Gasteiger partial charge in [0.15, 0.2) is 5.82 Å². The Balaban J connectivity index is 1.90. The molecule has 0 saturated carbocycles. The fourth-order valence-electron chi connectivity index (χ4n) is 1.97. The van der Waals surface area contributed by atoms with E-state index in [1.807, 2.05) is 24.3 Å². The van der Waals surface area contributed by atoms with Crippen LogP contribution in [0.4, 0.5) is 17.6 Å². The summed E-state index contributed by atoms with van der Waals surface area (Å²) in [6.45, 7) is 2.73. The second kappa shape index (κ2) is 7.20. The van der Waals surface area contributed by atoms with Crippen LogP contribution in [-0.4, -0.2) is 38.2 Å². The molecule has 0 aliphatic heterocycles. The lowest BCUT2D eigenvalue weighted by Gasteiger charge is -2.10. The Labute approximate surface area is 142 Å². The summed E-state index contributed by atoms with van der Waals surface area (Å²) in [5.74, 6) is 1.58. The maximum Gasteiger partial charge on any atom is 0.260 e. The number of benzene rings is 1. The van der Waals surface area contributed by atoms with E-state index in [-0.39, 0.29) is 5.28 Å². The first-order chi connectivity index (χ1) is 11.7. The molecule has 3 aromatic rings. The Morgan fingerprint density at radius 2 is 1.92 bits per heavy atom. The van der Waals surface area contributed by atoms with E-state index < -0.39 is 0 Å². The van der Waals surface area contributed by atoms with Crippen LogP contribution in [0.15, 0.2) is 28.8 Å². The third kappa shape index (κ3) is 3.76. The van der Waals surface area contributed by atoms with Crippen LogP contribution in [0.5, 0.6) is 0 Å². The highest BCUT2D eigenvalue weighted by molar-refractivity contribution is 6.28. The molecule has 0 saturated heterocycles. The summed E-state index contributed by atoms with van der Waals surface area (Å²) < 4.78 is 5.22. The van der Waals surface area contributed by atoms with Crippen LogP contribution >= 0.6 is 11.6 Å². The van der Waals surface area contributed by atoms with Crippen molar-refractivity contribution in [3.05, 3.63) is 35.4 Å². The minimum absolute atomic E-state index is 0.0677. The molecule has 24 heavy (non-hydrogen) atoms. The van der Waals surface area contributed by atoms with E-state index in [0.717, 1.165) is 5.56 Å². The molecule has 0 unspecified atom stereocenters. The van der Waals surface area contributed by atoms with Crippen molar-refractivity contribution >= 4 is 29.2 Å². The first-order valence-corrected chi connectivity index (χ1v) is 7.56. The largest absolute Gasteiger partial charge is 0.353 e. The van der Waals surface area contributed by atoms with Crippen LogP contribution in [0.1, 0.15) is 5.82 Å². The molecule has 0 atom stereocenters. The predicted octanol–water partition coefficient (Wildman–Crippen LogP) is 2.00. The number of anilines is 3. The minimum atomic E-state index is 0.0677. The molecule has 0 fully saturated rings. The first-order valence-electron chi connectivity index (χ1n) is 7.18. The van der Waals surface area contributed by atoms with Crippen molar-refractivity contribution in [3.63, 3.8) is 0 Å². The Morgan fingerprint density at radius 3 is 2.67 bits per heavy atom. The van der Waals surface area contributed by atoms with E-state index in [1.165, 1.54) is 0 Å². The summed E-state index contributed by atoms with van der Waals surface area (Å²) >= 11 is 5.94. The van der Waals surface area contributed by atoms with E-state index in [1.54, 1.807) is 6.92 Å². The molecule has 3 rings (SSSR count). The molecule has 0 radical (unpaired) electrons. The molecule has 124 valence electrons. The molecule has 0 spiro atoms. The van der Waals surface area contributed by atoms with Gasteiger partial charge in [-0.1, -0.05) is 17.3 Å². The fourth-order valence-corrected chi connectivity index (χ4v) is 2.13. The van der Waals surface area contributed by atoms with Crippen LogP contribution in [0.3, 0.4) is 0 Å². The molecule has 2 heterocycles. The minimum Gasteiger partial charge on any atom is -0.353 e. The Morgan fingerprint density at radius 1 is 1.12 bits per heavy atom. The number of hydrogen-bond acceptors (Lipinski definition) is 9. The number of nitrogens with two attached hydrogens (primary N) is 1. The molecule has 0 aliphatic rings. The lowest BCUT2D eigenvalue weighted by Crippen LogP contribution is -2.15. The van der Waals surface area contributed by atoms with Crippen molar-refractivity contribution in [2.24, 2.45) is 5.73 Å². The van der Waals surface area contributed by atoms with Gasteiger partial charge >= 0.3 is 0 Å². The zero-order valence-corrected chi connectivity index (χ0v) is 13.6. The van der Waals surface area contributed by atoms with Crippen LogP contribution in [0.25, 0.3) is 11.5 Å². The maximum absolute atomic E-state index is 5.94. The highest BCUT2D eigenvalue weighted by atomic mass is 35.5. The van der Waals surface area contributed by atoms with E-state index in [0.29, 0.717) is 42.4 Å². The molecule has 0 aliphatic carbocycles. The number of aryl methyl sites for hydroxylation is 1. The molecule has 10 heteroatoms. The number of halogens is 1. The van der Waals surface area contributed by atoms with Crippen molar-refractivity contribution in [1.82, 2.24) is 25.1 Å². The number of aromatic nitrogens is 5. The average Bonchev–Trinajstić information content (AvgIpc) is 2.99. The fraction of sp³-hybridized carbons (Fsp3) is 0.214. The third-order valence-corrected chi connectivity index (χ3v) is 3.14. The SMILES string of the molecule is Cc1noc(-c2ccccc2Nc2nc(Cl)nc(NCCN)n2)n1. The molecule has 4 N–H and O–H groups in total. The molecule has 9 nitrogen and oxygen atoms in total. The van der Waals surface area contributed by atoms with Gasteiger partial charge in [0.25, 0.3) is 5.89 Å². The molecular formula is C14H15ClN8O. The zero-order chi connectivity index (χ0) is 16.9. The first kappa shape index (κ1) is 16.1. The second-order valence-corrected chi connectivity index (χ2v) is 5.12. The predicted molar refractivity (Wildman–Crippen MR) is 90.1 cm³/mol. The van der Waals surface area contributed by atoms with Crippen LogP contribution in [-0.2, 0) is 0 Å². The van der Waals surface area contributed by atoms with Crippen molar-refractivity contribution < 1.29 is 4.52 Å². The highest BCUT2D eigenvalue weighted by Gasteiger charge is 2.13. The van der Waals surface area contributed by atoms with Gasteiger partial charge in [-0.2, -0.15) is 19.9 Å². The lowest BCUT2D eigenvalue weighted by atomic mass is 10.2. The summed E-state index contributed by atoms with van der Waals surface area (Å²) in [4.78, 5) is 16.6. The highest BCUT2D eigenvalue weighted by Crippen LogP contribution is 2.28. The van der Waals surface area contributed by atoms with Crippen LogP contribution < -0.4 is 16.4 Å². The van der Waals surface area contributed by atoms with Gasteiger partial charge in [-0.25, -0.2) is 0 Å². The Kier molecular flexibility index (Phi) is 4.82. The number of nitrogens with one attached hydrogen (secondary N) is 2. The number of para-hydroxylation sites is 1. The molecule has 0 amide bonds.